The van der Waals surface area contributed by atoms with Crippen LogP contribution in [0.3, 0.4) is 0 Å². The lowest BCUT2D eigenvalue weighted by Gasteiger charge is -2.11. The Bertz CT molecular complexity index is 802. The predicted molar refractivity (Wildman–Crippen MR) is 84.9 cm³/mol. The van der Waals surface area contributed by atoms with Crippen LogP contribution in [0.25, 0.3) is 0 Å². The Kier molecular flexibility index (Phi) is 5.12. The summed E-state index contributed by atoms with van der Waals surface area (Å²) in [5.74, 6) is -0.790. The lowest BCUT2D eigenvalue weighted by molar-refractivity contribution is 0.0950. The molecule has 0 radical (unpaired) electrons. The molecule has 0 aliphatic rings. The van der Waals surface area contributed by atoms with Crippen LogP contribution >= 0.6 is 0 Å². The van der Waals surface area contributed by atoms with Crippen molar-refractivity contribution in [3.63, 3.8) is 0 Å². The molecule has 2 rings (SSSR count). The van der Waals surface area contributed by atoms with Crippen LogP contribution in [0.5, 0.6) is 0 Å². The second-order valence-corrected chi connectivity index (χ2v) is 7.24. The normalized spacial score (nSPS) is 11.5. The summed E-state index contributed by atoms with van der Waals surface area (Å²) in [6, 6.07) is 11.8. The van der Waals surface area contributed by atoms with Crippen LogP contribution in [-0.2, 0) is 16.6 Å². The summed E-state index contributed by atoms with van der Waals surface area (Å²) in [7, 11) is -0.658. The summed E-state index contributed by atoms with van der Waals surface area (Å²) < 4.78 is 38.5. The minimum absolute atomic E-state index is 0.0588. The van der Waals surface area contributed by atoms with Crippen LogP contribution in [0, 0.1) is 5.82 Å². The van der Waals surface area contributed by atoms with Crippen LogP contribution in [0.1, 0.15) is 15.9 Å². The average Bonchev–Trinajstić information content (AvgIpc) is 2.53. The third-order valence-electron chi connectivity index (χ3n) is 3.29. The van der Waals surface area contributed by atoms with E-state index in [9.17, 15) is 17.6 Å². The fourth-order valence-electron chi connectivity index (χ4n) is 1.91. The first-order valence-corrected chi connectivity index (χ1v) is 8.30. The number of benzene rings is 2. The van der Waals surface area contributed by atoms with Gasteiger partial charge in [0.2, 0.25) is 10.0 Å². The first-order chi connectivity index (χ1) is 10.8. The SMILES string of the molecule is CN(C)S(=O)(=O)c1ccc(C(=O)NCc2ccccc2F)cc1. The van der Waals surface area contributed by atoms with Gasteiger partial charge in [-0.25, -0.2) is 17.1 Å². The van der Waals surface area contributed by atoms with E-state index in [2.05, 4.69) is 5.32 Å². The van der Waals surface area contributed by atoms with E-state index in [1.165, 1.54) is 44.4 Å². The molecule has 2 aromatic rings. The van der Waals surface area contributed by atoms with Gasteiger partial charge in [0.25, 0.3) is 5.91 Å². The number of hydrogen-bond acceptors (Lipinski definition) is 3. The van der Waals surface area contributed by atoms with Crippen molar-refractivity contribution in [2.75, 3.05) is 14.1 Å². The maximum Gasteiger partial charge on any atom is 0.251 e. The van der Waals surface area contributed by atoms with Crippen molar-refractivity contribution < 1.29 is 17.6 Å². The van der Waals surface area contributed by atoms with E-state index in [0.29, 0.717) is 11.1 Å². The van der Waals surface area contributed by atoms with Gasteiger partial charge in [0.1, 0.15) is 5.82 Å². The van der Waals surface area contributed by atoms with Gasteiger partial charge in [-0.05, 0) is 30.3 Å². The standard InChI is InChI=1S/C16H17FN2O3S/c1-19(2)23(21,22)14-9-7-12(8-10-14)16(20)18-11-13-5-3-4-6-15(13)17/h3-10H,11H2,1-2H3,(H,18,20). The van der Waals surface area contributed by atoms with E-state index in [-0.39, 0.29) is 17.3 Å². The number of hydrogen-bond donors (Lipinski definition) is 1. The minimum Gasteiger partial charge on any atom is -0.348 e. The molecule has 7 heteroatoms. The fourth-order valence-corrected chi connectivity index (χ4v) is 2.81. The zero-order valence-electron chi connectivity index (χ0n) is 12.8. The monoisotopic (exact) mass is 336 g/mol. The molecule has 0 heterocycles. The molecular formula is C16H17FN2O3S. The molecule has 0 aromatic heterocycles. The number of nitrogens with one attached hydrogen (secondary N) is 1. The molecule has 2 aromatic carbocycles. The molecule has 0 atom stereocenters. The molecule has 0 aliphatic heterocycles. The molecule has 0 unspecified atom stereocenters. The van der Waals surface area contributed by atoms with E-state index >= 15 is 0 Å². The van der Waals surface area contributed by atoms with E-state index in [4.69, 9.17) is 0 Å². The maximum atomic E-state index is 13.5. The largest absolute Gasteiger partial charge is 0.348 e. The quantitative estimate of drug-likeness (QED) is 0.908. The first-order valence-electron chi connectivity index (χ1n) is 6.86. The van der Waals surface area contributed by atoms with Crippen molar-refractivity contribution >= 4 is 15.9 Å². The Morgan fingerprint density at radius 2 is 1.70 bits per heavy atom. The van der Waals surface area contributed by atoms with E-state index < -0.39 is 15.9 Å². The molecule has 122 valence electrons. The lowest BCUT2D eigenvalue weighted by Crippen LogP contribution is -2.24. The molecule has 1 N–H and O–H groups in total. The molecule has 0 saturated heterocycles. The van der Waals surface area contributed by atoms with Crippen molar-refractivity contribution in [2.24, 2.45) is 0 Å². The van der Waals surface area contributed by atoms with Gasteiger partial charge in [-0.2, -0.15) is 0 Å². The number of carbonyl (C=O) groups is 1. The zero-order valence-corrected chi connectivity index (χ0v) is 13.6. The number of amides is 1. The molecule has 1 amide bonds. The smallest absolute Gasteiger partial charge is 0.251 e. The topological polar surface area (TPSA) is 66.5 Å². The van der Waals surface area contributed by atoms with Crippen LogP contribution in [0.4, 0.5) is 4.39 Å². The molecule has 0 saturated carbocycles. The Labute approximate surface area is 134 Å². The molecule has 0 aliphatic carbocycles. The summed E-state index contributed by atoms with van der Waals surface area (Å²) in [5.41, 5.74) is 0.687. The van der Waals surface area contributed by atoms with Crippen molar-refractivity contribution in [1.82, 2.24) is 9.62 Å². The number of halogens is 1. The Balaban J connectivity index is 2.08. The highest BCUT2D eigenvalue weighted by molar-refractivity contribution is 7.89. The van der Waals surface area contributed by atoms with Gasteiger partial charge in [0.05, 0.1) is 4.90 Å². The summed E-state index contributed by atoms with van der Waals surface area (Å²) in [6.07, 6.45) is 0. The summed E-state index contributed by atoms with van der Waals surface area (Å²) >= 11 is 0. The highest BCUT2D eigenvalue weighted by Crippen LogP contribution is 2.14. The number of carbonyl (C=O) groups excluding carboxylic acids is 1. The van der Waals surface area contributed by atoms with Crippen molar-refractivity contribution in [1.29, 1.82) is 0 Å². The van der Waals surface area contributed by atoms with Gasteiger partial charge in [0, 0.05) is 31.8 Å². The highest BCUT2D eigenvalue weighted by atomic mass is 32.2. The highest BCUT2D eigenvalue weighted by Gasteiger charge is 2.17. The Morgan fingerprint density at radius 1 is 1.09 bits per heavy atom. The van der Waals surface area contributed by atoms with E-state index in [0.717, 1.165) is 4.31 Å². The van der Waals surface area contributed by atoms with Crippen LogP contribution in [-0.4, -0.2) is 32.7 Å². The minimum atomic E-state index is -3.53. The van der Waals surface area contributed by atoms with E-state index in [1.54, 1.807) is 18.2 Å². The Morgan fingerprint density at radius 3 is 2.26 bits per heavy atom. The second-order valence-electron chi connectivity index (χ2n) is 5.09. The van der Waals surface area contributed by atoms with Crippen LogP contribution < -0.4 is 5.32 Å². The van der Waals surface area contributed by atoms with Gasteiger partial charge in [-0.1, -0.05) is 18.2 Å². The average molecular weight is 336 g/mol. The van der Waals surface area contributed by atoms with Crippen LogP contribution in [0.2, 0.25) is 0 Å². The van der Waals surface area contributed by atoms with Crippen molar-refractivity contribution in [3.8, 4) is 0 Å². The summed E-state index contributed by atoms with van der Waals surface area (Å²) in [6.45, 7) is 0.0588. The van der Waals surface area contributed by atoms with Gasteiger partial charge in [-0.15, -0.1) is 0 Å². The lowest BCUT2D eigenvalue weighted by atomic mass is 10.2. The Hall–Kier alpha value is -2.25. The second kappa shape index (κ2) is 6.89. The predicted octanol–water partition coefficient (Wildman–Crippen LogP) is 2.01. The van der Waals surface area contributed by atoms with Crippen molar-refractivity contribution in [3.05, 3.63) is 65.5 Å². The summed E-state index contributed by atoms with van der Waals surface area (Å²) in [5, 5.41) is 2.60. The molecule has 0 fully saturated rings. The van der Waals surface area contributed by atoms with Gasteiger partial charge in [0.15, 0.2) is 0 Å². The number of sulfonamides is 1. The van der Waals surface area contributed by atoms with Crippen molar-refractivity contribution in [2.45, 2.75) is 11.4 Å². The number of nitrogens with zero attached hydrogens (tertiary/aromatic N) is 1. The van der Waals surface area contributed by atoms with Crippen LogP contribution in [0.15, 0.2) is 53.4 Å². The van der Waals surface area contributed by atoms with Gasteiger partial charge < -0.3 is 5.32 Å². The molecule has 23 heavy (non-hydrogen) atoms. The van der Waals surface area contributed by atoms with Gasteiger partial charge >= 0.3 is 0 Å². The molecular weight excluding hydrogens is 319 g/mol. The van der Waals surface area contributed by atoms with Gasteiger partial charge in [-0.3, -0.25) is 4.79 Å². The summed E-state index contributed by atoms with van der Waals surface area (Å²) in [4.78, 5) is 12.1. The third-order valence-corrected chi connectivity index (χ3v) is 5.12. The third kappa shape index (κ3) is 3.94. The first kappa shape index (κ1) is 17.1. The molecule has 0 spiro atoms. The van der Waals surface area contributed by atoms with E-state index in [1.807, 2.05) is 0 Å². The maximum absolute atomic E-state index is 13.5. The zero-order chi connectivity index (χ0) is 17.0. The molecule has 0 bridgehead atoms. The number of rotatable bonds is 5. The molecule has 5 nitrogen and oxygen atoms in total. The fraction of sp³-hybridized carbons (Fsp3) is 0.188.